The molecule has 8 nitrogen and oxygen atoms in total. The number of nitrogens with one attached hydrogen (secondary N) is 1. The van der Waals surface area contributed by atoms with Crippen LogP contribution in [0.2, 0.25) is 0 Å². The predicted octanol–water partition coefficient (Wildman–Crippen LogP) is 4.68. The molecule has 1 aliphatic rings. The number of carbonyl (C=O) groups excluding carboxylic acids is 2. The maximum atomic E-state index is 14.0. The second-order valence-electron chi connectivity index (χ2n) is 10.2. The van der Waals surface area contributed by atoms with Crippen LogP contribution in [0.3, 0.4) is 0 Å². The molecule has 1 aliphatic carbocycles. The highest BCUT2D eigenvalue weighted by Crippen LogP contribution is 2.26. The zero-order valence-electron chi connectivity index (χ0n) is 23.2. The van der Waals surface area contributed by atoms with E-state index in [1.54, 1.807) is 49.4 Å². The van der Waals surface area contributed by atoms with Crippen molar-refractivity contribution in [3.05, 3.63) is 90.0 Å². The van der Waals surface area contributed by atoms with Crippen molar-refractivity contribution in [1.82, 2.24) is 10.2 Å². The molecule has 0 saturated heterocycles. The van der Waals surface area contributed by atoms with Gasteiger partial charge in [0, 0.05) is 12.6 Å². The summed E-state index contributed by atoms with van der Waals surface area (Å²) >= 11 is 0. The van der Waals surface area contributed by atoms with Crippen LogP contribution >= 0.6 is 0 Å². The van der Waals surface area contributed by atoms with Crippen molar-refractivity contribution < 1.29 is 22.7 Å². The Hall–Kier alpha value is -3.85. The summed E-state index contributed by atoms with van der Waals surface area (Å²) in [5, 5.41) is 3.08. The van der Waals surface area contributed by atoms with Crippen molar-refractivity contribution in [2.75, 3.05) is 18.0 Å². The molecule has 0 aliphatic heterocycles. The lowest BCUT2D eigenvalue weighted by molar-refractivity contribution is -0.139. The highest BCUT2D eigenvalue weighted by atomic mass is 32.2. The molecule has 4 rings (SSSR count). The maximum Gasteiger partial charge on any atom is 0.264 e. The van der Waals surface area contributed by atoms with Gasteiger partial charge >= 0.3 is 0 Å². The summed E-state index contributed by atoms with van der Waals surface area (Å²) in [5.41, 5.74) is 2.28. The van der Waals surface area contributed by atoms with Gasteiger partial charge in [-0.2, -0.15) is 0 Å². The van der Waals surface area contributed by atoms with Gasteiger partial charge in [-0.15, -0.1) is 0 Å². The number of aryl methyl sites for hydroxylation is 1. The van der Waals surface area contributed by atoms with Crippen molar-refractivity contribution in [3.63, 3.8) is 0 Å². The van der Waals surface area contributed by atoms with Gasteiger partial charge in [-0.05, 0) is 68.7 Å². The lowest BCUT2D eigenvalue weighted by atomic mass is 10.1. The third-order valence-corrected chi connectivity index (χ3v) is 9.10. The molecule has 1 N–H and O–H groups in total. The SMILES string of the molecule is COc1ccc(S(=O)(=O)N(CC(=O)N(Cc2ccc(C)cc2)[C@@H](C)C(=O)NC2CCCC2)c2ccccc2)cc1. The van der Waals surface area contributed by atoms with Gasteiger partial charge in [0.2, 0.25) is 11.8 Å². The molecule has 0 radical (unpaired) electrons. The van der Waals surface area contributed by atoms with Crippen LogP contribution in [-0.2, 0) is 26.2 Å². The smallest absolute Gasteiger partial charge is 0.264 e. The van der Waals surface area contributed by atoms with E-state index in [1.165, 1.54) is 24.1 Å². The third-order valence-electron chi connectivity index (χ3n) is 7.31. The Balaban J connectivity index is 1.66. The number of carbonyl (C=O) groups is 2. The summed E-state index contributed by atoms with van der Waals surface area (Å²) in [5.74, 6) is -0.195. The quantitative estimate of drug-likeness (QED) is 0.366. The first-order valence-corrected chi connectivity index (χ1v) is 15.0. The molecule has 0 heterocycles. The first-order chi connectivity index (χ1) is 19.2. The first-order valence-electron chi connectivity index (χ1n) is 13.6. The molecule has 3 aromatic rings. The van der Waals surface area contributed by atoms with Crippen LogP contribution in [0.4, 0.5) is 5.69 Å². The standard InChI is InChI=1S/C31H37N3O5S/c1-23-13-15-25(16-14-23)21-33(24(2)31(36)32-26-9-7-8-10-26)30(35)22-34(27-11-5-4-6-12-27)40(37,38)29-19-17-28(39-3)18-20-29/h4-6,11-20,24,26H,7-10,21-22H2,1-3H3,(H,32,36)/t24-/m0/s1. The van der Waals surface area contributed by atoms with E-state index >= 15 is 0 Å². The minimum atomic E-state index is -4.12. The zero-order valence-corrected chi connectivity index (χ0v) is 24.1. The van der Waals surface area contributed by atoms with Crippen LogP contribution in [0, 0.1) is 6.92 Å². The lowest BCUT2D eigenvalue weighted by Crippen LogP contribution is -2.52. The summed E-state index contributed by atoms with van der Waals surface area (Å²) in [6.45, 7) is 3.38. The molecular weight excluding hydrogens is 526 g/mol. The van der Waals surface area contributed by atoms with E-state index in [0.717, 1.165) is 41.1 Å². The zero-order chi connectivity index (χ0) is 28.7. The van der Waals surface area contributed by atoms with Gasteiger partial charge in [-0.25, -0.2) is 8.42 Å². The number of sulfonamides is 1. The van der Waals surface area contributed by atoms with E-state index in [2.05, 4.69) is 5.32 Å². The molecule has 0 spiro atoms. The number of ether oxygens (including phenoxy) is 1. The largest absolute Gasteiger partial charge is 0.497 e. The number of hydrogen-bond donors (Lipinski definition) is 1. The molecule has 3 aromatic carbocycles. The van der Waals surface area contributed by atoms with Crippen molar-refractivity contribution in [1.29, 1.82) is 0 Å². The fourth-order valence-corrected chi connectivity index (χ4v) is 6.28. The predicted molar refractivity (Wildman–Crippen MR) is 156 cm³/mol. The van der Waals surface area contributed by atoms with Crippen molar-refractivity contribution in [2.45, 2.75) is 63.1 Å². The molecule has 1 fully saturated rings. The number of nitrogens with zero attached hydrogens (tertiary/aromatic N) is 2. The first kappa shape index (κ1) is 29.1. The van der Waals surface area contributed by atoms with Gasteiger partial charge in [-0.3, -0.25) is 13.9 Å². The van der Waals surface area contributed by atoms with Crippen LogP contribution < -0.4 is 14.4 Å². The number of anilines is 1. The minimum Gasteiger partial charge on any atom is -0.497 e. The Labute approximate surface area is 237 Å². The van der Waals surface area contributed by atoms with E-state index in [4.69, 9.17) is 4.74 Å². The Morgan fingerprint density at radius 1 is 0.950 bits per heavy atom. The van der Waals surface area contributed by atoms with Gasteiger partial charge in [0.1, 0.15) is 18.3 Å². The molecule has 2 amide bonds. The molecule has 40 heavy (non-hydrogen) atoms. The fraction of sp³-hybridized carbons (Fsp3) is 0.355. The Morgan fingerprint density at radius 3 is 2.17 bits per heavy atom. The second kappa shape index (κ2) is 13.0. The van der Waals surface area contributed by atoms with Crippen LogP contribution in [0.5, 0.6) is 5.75 Å². The van der Waals surface area contributed by atoms with Gasteiger partial charge in [0.25, 0.3) is 10.0 Å². The average molecular weight is 564 g/mol. The maximum absolute atomic E-state index is 14.0. The van der Waals surface area contributed by atoms with E-state index < -0.39 is 28.5 Å². The van der Waals surface area contributed by atoms with E-state index in [9.17, 15) is 18.0 Å². The van der Waals surface area contributed by atoms with E-state index in [-0.39, 0.29) is 23.4 Å². The molecule has 0 aromatic heterocycles. The van der Waals surface area contributed by atoms with Crippen LogP contribution in [0.25, 0.3) is 0 Å². The molecule has 212 valence electrons. The third kappa shape index (κ3) is 7.01. The Kier molecular flexibility index (Phi) is 9.47. The molecule has 1 saturated carbocycles. The van der Waals surface area contributed by atoms with Crippen molar-refractivity contribution >= 4 is 27.5 Å². The van der Waals surface area contributed by atoms with Crippen molar-refractivity contribution in [2.24, 2.45) is 0 Å². The number of amides is 2. The molecule has 0 unspecified atom stereocenters. The number of para-hydroxylation sites is 1. The highest BCUT2D eigenvalue weighted by molar-refractivity contribution is 7.92. The topological polar surface area (TPSA) is 96.0 Å². The summed E-state index contributed by atoms with van der Waals surface area (Å²) in [6, 6.07) is 21.6. The van der Waals surface area contributed by atoms with Crippen LogP contribution in [0.15, 0.2) is 83.8 Å². The molecular formula is C31H37N3O5S. The number of benzene rings is 3. The fourth-order valence-electron chi connectivity index (χ4n) is 4.86. The van der Waals surface area contributed by atoms with Gasteiger partial charge < -0.3 is 15.0 Å². The van der Waals surface area contributed by atoms with E-state index in [1.807, 2.05) is 31.2 Å². The Bertz CT molecular complexity index is 1390. The summed E-state index contributed by atoms with van der Waals surface area (Å²) in [6.07, 6.45) is 3.99. The molecule has 9 heteroatoms. The molecule has 0 bridgehead atoms. The number of methoxy groups -OCH3 is 1. The highest BCUT2D eigenvalue weighted by Gasteiger charge is 2.33. The van der Waals surface area contributed by atoms with Gasteiger partial charge in [0.15, 0.2) is 0 Å². The summed E-state index contributed by atoms with van der Waals surface area (Å²) < 4.78 is 34.0. The minimum absolute atomic E-state index is 0.0297. The average Bonchev–Trinajstić information content (AvgIpc) is 3.48. The van der Waals surface area contributed by atoms with Crippen LogP contribution in [-0.4, -0.2) is 50.9 Å². The molecule has 1 atom stereocenters. The Morgan fingerprint density at radius 2 is 1.57 bits per heavy atom. The second-order valence-corrected chi connectivity index (χ2v) is 12.1. The lowest BCUT2D eigenvalue weighted by Gasteiger charge is -2.32. The monoisotopic (exact) mass is 563 g/mol. The van der Waals surface area contributed by atoms with Crippen LogP contribution in [0.1, 0.15) is 43.7 Å². The van der Waals surface area contributed by atoms with Crippen molar-refractivity contribution in [3.8, 4) is 5.75 Å². The summed E-state index contributed by atoms with van der Waals surface area (Å²) in [7, 11) is -2.62. The number of hydrogen-bond acceptors (Lipinski definition) is 5. The van der Waals surface area contributed by atoms with Gasteiger partial charge in [-0.1, -0.05) is 60.9 Å². The normalized spacial score (nSPS) is 14.4. The van der Waals surface area contributed by atoms with E-state index in [0.29, 0.717) is 11.4 Å². The summed E-state index contributed by atoms with van der Waals surface area (Å²) in [4.78, 5) is 28.8. The number of rotatable bonds is 11. The van der Waals surface area contributed by atoms with Gasteiger partial charge in [0.05, 0.1) is 17.7 Å².